The number of carbonyl (C=O) groups is 2. The Hall–Kier alpha value is -2.62. The molecule has 2 aromatic rings. The molecule has 0 heterocycles. The van der Waals surface area contributed by atoms with Crippen LogP contribution in [0.25, 0.3) is 0 Å². The van der Waals surface area contributed by atoms with E-state index in [1.54, 1.807) is 42.5 Å². The second kappa shape index (κ2) is 6.02. The van der Waals surface area contributed by atoms with Crippen molar-refractivity contribution in [1.29, 1.82) is 0 Å². The van der Waals surface area contributed by atoms with Crippen LogP contribution in [0.2, 0.25) is 0 Å². The number of benzene rings is 2. The second-order valence-corrected chi connectivity index (χ2v) is 4.48. The zero-order valence-corrected chi connectivity index (χ0v) is 11.3. The van der Waals surface area contributed by atoms with Crippen molar-refractivity contribution in [3.05, 3.63) is 70.8 Å². The summed E-state index contributed by atoms with van der Waals surface area (Å²) in [6.45, 7) is 3.77. The van der Waals surface area contributed by atoms with Crippen molar-refractivity contribution in [3.63, 3.8) is 0 Å². The van der Waals surface area contributed by atoms with E-state index in [2.05, 4.69) is 9.78 Å². The lowest BCUT2D eigenvalue weighted by molar-refractivity contribution is -0.187. The number of carbonyl (C=O) groups excluding carboxylic acids is 2. The maximum atomic E-state index is 11.7. The molecule has 0 spiro atoms. The van der Waals surface area contributed by atoms with Gasteiger partial charge in [0, 0.05) is 0 Å². The van der Waals surface area contributed by atoms with Crippen molar-refractivity contribution in [3.8, 4) is 0 Å². The summed E-state index contributed by atoms with van der Waals surface area (Å²) in [5, 5.41) is 0. The van der Waals surface area contributed by atoms with Gasteiger partial charge < -0.3 is 0 Å². The first-order chi connectivity index (χ1) is 9.56. The molecular formula is C16H14O4. The molecule has 0 saturated carbocycles. The van der Waals surface area contributed by atoms with E-state index in [0.29, 0.717) is 11.1 Å². The van der Waals surface area contributed by atoms with Gasteiger partial charge in [-0.1, -0.05) is 35.4 Å². The lowest BCUT2D eigenvalue weighted by atomic mass is 10.1. The van der Waals surface area contributed by atoms with Crippen LogP contribution in [0, 0.1) is 13.8 Å². The van der Waals surface area contributed by atoms with Gasteiger partial charge in [-0.3, -0.25) is 0 Å². The van der Waals surface area contributed by atoms with Crippen LogP contribution in [0.15, 0.2) is 48.5 Å². The van der Waals surface area contributed by atoms with Gasteiger partial charge in [-0.25, -0.2) is 19.4 Å². The zero-order chi connectivity index (χ0) is 14.5. The summed E-state index contributed by atoms with van der Waals surface area (Å²) >= 11 is 0. The number of rotatable bonds is 2. The first kappa shape index (κ1) is 13.8. The lowest BCUT2D eigenvalue weighted by Gasteiger charge is -2.04. The topological polar surface area (TPSA) is 52.6 Å². The highest BCUT2D eigenvalue weighted by molar-refractivity contribution is 5.92. The minimum absolute atomic E-state index is 0.327. The molecule has 4 nitrogen and oxygen atoms in total. The largest absolute Gasteiger partial charge is 0.386 e. The number of hydrogen-bond acceptors (Lipinski definition) is 4. The second-order valence-electron chi connectivity index (χ2n) is 4.48. The Kier molecular flexibility index (Phi) is 4.15. The van der Waals surface area contributed by atoms with Gasteiger partial charge in [0.15, 0.2) is 0 Å². The summed E-state index contributed by atoms with van der Waals surface area (Å²) in [6.07, 6.45) is 0. The molecule has 2 aromatic carbocycles. The van der Waals surface area contributed by atoms with E-state index >= 15 is 0 Å². The Balaban J connectivity index is 1.96. The average Bonchev–Trinajstić information content (AvgIpc) is 2.45. The first-order valence-corrected chi connectivity index (χ1v) is 6.13. The minimum Gasteiger partial charge on any atom is -0.242 e. The molecule has 0 aliphatic rings. The van der Waals surface area contributed by atoms with Gasteiger partial charge in [0.1, 0.15) is 0 Å². The van der Waals surface area contributed by atoms with Gasteiger partial charge >= 0.3 is 11.9 Å². The van der Waals surface area contributed by atoms with E-state index in [0.717, 1.165) is 11.1 Å². The van der Waals surface area contributed by atoms with Crippen LogP contribution in [0.5, 0.6) is 0 Å². The van der Waals surface area contributed by atoms with Gasteiger partial charge in [-0.15, -0.1) is 0 Å². The monoisotopic (exact) mass is 270 g/mol. The van der Waals surface area contributed by atoms with Crippen molar-refractivity contribution in [1.82, 2.24) is 0 Å². The molecule has 0 unspecified atom stereocenters. The highest BCUT2D eigenvalue weighted by Crippen LogP contribution is 2.08. The van der Waals surface area contributed by atoms with Crippen molar-refractivity contribution < 1.29 is 19.4 Å². The summed E-state index contributed by atoms with van der Waals surface area (Å²) < 4.78 is 0. The van der Waals surface area contributed by atoms with Crippen LogP contribution < -0.4 is 0 Å². The molecule has 0 saturated heterocycles. The quantitative estimate of drug-likeness (QED) is 0.621. The van der Waals surface area contributed by atoms with E-state index in [1.165, 1.54) is 0 Å². The molecule has 0 bridgehead atoms. The molecule has 20 heavy (non-hydrogen) atoms. The molecule has 0 fully saturated rings. The summed E-state index contributed by atoms with van der Waals surface area (Å²) in [5.74, 6) is -1.40. The summed E-state index contributed by atoms with van der Waals surface area (Å²) in [5.41, 5.74) is 2.61. The fourth-order valence-corrected chi connectivity index (χ4v) is 1.63. The third-order valence-electron chi connectivity index (χ3n) is 2.73. The molecule has 0 amide bonds. The minimum atomic E-state index is -0.703. The molecule has 102 valence electrons. The van der Waals surface area contributed by atoms with Crippen molar-refractivity contribution in [2.45, 2.75) is 13.8 Å². The van der Waals surface area contributed by atoms with Crippen molar-refractivity contribution in [2.24, 2.45) is 0 Å². The lowest BCUT2D eigenvalue weighted by Crippen LogP contribution is -2.11. The number of hydrogen-bond donors (Lipinski definition) is 0. The van der Waals surface area contributed by atoms with Crippen LogP contribution in [-0.4, -0.2) is 11.9 Å². The molecule has 0 atom stereocenters. The zero-order valence-electron chi connectivity index (χ0n) is 11.3. The molecule has 4 heteroatoms. The Morgan fingerprint density at radius 2 is 1.35 bits per heavy atom. The van der Waals surface area contributed by atoms with Gasteiger partial charge in [-0.2, -0.15) is 0 Å². The first-order valence-electron chi connectivity index (χ1n) is 6.13. The van der Waals surface area contributed by atoms with Gasteiger partial charge in [0.05, 0.1) is 11.1 Å². The molecule has 0 radical (unpaired) electrons. The van der Waals surface area contributed by atoms with E-state index in [1.807, 2.05) is 19.9 Å². The van der Waals surface area contributed by atoms with Crippen LogP contribution >= 0.6 is 0 Å². The number of aryl methyl sites for hydroxylation is 2. The molecular weight excluding hydrogens is 256 g/mol. The fraction of sp³-hybridized carbons (Fsp3) is 0.125. The van der Waals surface area contributed by atoms with Crippen molar-refractivity contribution in [2.75, 3.05) is 0 Å². The third-order valence-corrected chi connectivity index (χ3v) is 2.73. The molecule has 0 aliphatic heterocycles. The molecule has 2 rings (SSSR count). The maximum absolute atomic E-state index is 11.7. The van der Waals surface area contributed by atoms with Gasteiger partial charge in [0.25, 0.3) is 0 Å². The summed E-state index contributed by atoms with van der Waals surface area (Å²) in [7, 11) is 0. The predicted molar refractivity (Wildman–Crippen MR) is 73.2 cm³/mol. The average molecular weight is 270 g/mol. The van der Waals surface area contributed by atoms with Crippen LogP contribution in [0.1, 0.15) is 31.8 Å². The van der Waals surface area contributed by atoms with Crippen molar-refractivity contribution >= 4 is 11.9 Å². The smallest absolute Gasteiger partial charge is 0.242 e. The predicted octanol–water partition coefficient (Wildman–Crippen LogP) is 3.23. The fourth-order valence-electron chi connectivity index (χ4n) is 1.63. The normalized spacial score (nSPS) is 9.90. The Bertz CT molecular complexity index is 629. The van der Waals surface area contributed by atoms with E-state index in [-0.39, 0.29) is 0 Å². The maximum Gasteiger partial charge on any atom is 0.386 e. The van der Waals surface area contributed by atoms with E-state index in [4.69, 9.17) is 0 Å². The van der Waals surface area contributed by atoms with Gasteiger partial charge in [-0.05, 0) is 38.1 Å². The Morgan fingerprint density at radius 3 is 1.95 bits per heavy atom. The highest BCUT2D eigenvalue weighted by Gasteiger charge is 2.13. The molecule has 0 aliphatic carbocycles. The summed E-state index contributed by atoms with van der Waals surface area (Å²) in [4.78, 5) is 32.4. The molecule has 0 aromatic heterocycles. The van der Waals surface area contributed by atoms with Crippen LogP contribution in [0.3, 0.4) is 0 Å². The van der Waals surface area contributed by atoms with Crippen LogP contribution in [0.4, 0.5) is 0 Å². The standard InChI is InChI=1S/C16H14O4/c1-11-6-8-13(9-7-11)15(17)19-20-16(18)14-5-3-4-12(2)10-14/h3-10H,1-2H3. The third kappa shape index (κ3) is 3.45. The van der Waals surface area contributed by atoms with E-state index in [9.17, 15) is 9.59 Å². The molecule has 0 N–H and O–H groups in total. The summed E-state index contributed by atoms with van der Waals surface area (Å²) in [6, 6.07) is 13.6. The SMILES string of the molecule is Cc1ccc(C(=O)OOC(=O)c2cccc(C)c2)cc1. The van der Waals surface area contributed by atoms with Gasteiger partial charge in [0.2, 0.25) is 0 Å². The van der Waals surface area contributed by atoms with Crippen LogP contribution in [-0.2, 0) is 9.78 Å². The van der Waals surface area contributed by atoms with E-state index < -0.39 is 11.9 Å². The Morgan fingerprint density at radius 1 is 0.750 bits per heavy atom. The highest BCUT2D eigenvalue weighted by atomic mass is 17.2. The Labute approximate surface area is 116 Å².